The third-order valence-electron chi connectivity index (χ3n) is 2.74. The lowest BCUT2D eigenvalue weighted by Crippen LogP contribution is -2.25. The van der Waals surface area contributed by atoms with Gasteiger partial charge in [-0.1, -0.05) is 29.3 Å². The predicted molar refractivity (Wildman–Crippen MR) is 67.1 cm³/mol. The molecule has 0 spiro atoms. The first-order chi connectivity index (χ1) is 8.02. The van der Waals surface area contributed by atoms with Crippen LogP contribution in [-0.2, 0) is 4.79 Å². The van der Waals surface area contributed by atoms with Gasteiger partial charge in [-0.25, -0.2) is 4.39 Å². The second kappa shape index (κ2) is 4.67. The van der Waals surface area contributed by atoms with E-state index in [1.165, 1.54) is 4.90 Å². The molecule has 1 amide bonds. The van der Waals surface area contributed by atoms with Gasteiger partial charge in [-0.15, -0.1) is 6.58 Å². The van der Waals surface area contributed by atoms with E-state index < -0.39 is 5.82 Å². The highest BCUT2D eigenvalue weighted by Gasteiger charge is 2.31. The van der Waals surface area contributed by atoms with Gasteiger partial charge in [-0.3, -0.25) is 4.79 Å². The number of amides is 1. The van der Waals surface area contributed by atoms with E-state index in [2.05, 4.69) is 6.58 Å². The van der Waals surface area contributed by atoms with E-state index in [4.69, 9.17) is 23.2 Å². The van der Waals surface area contributed by atoms with Gasteiger partial charge in [0.15, 0.2) is 0 Å². The Morgan fingerprint density at radius 3 is 2.47 bits per heavy atom. The predicted octanol–water partition coefficient (Wildman–Crippen LogP) is 3.67. The number of halogens is 3. The summed E-state index contributed by atoms with van der Waals surface area (Å²) in [4.78, 5) is 13.3. The van der Waals surface area contributed by atoms with Crippen LogP contribution in [0.4, 0.5) is 10.1 Å². The molecule has 1 aromatic rings. The minimum Gasteiger partial charge on any atom is -0.309 e. The number of carbonyl (C=O) groups excluding carboxylic acids is 1. The van der Waals surface area contributed by atoms with E-state index >= 15 is 0 Å². The van der Waals surface area contributed by atoms with E-state index in [0.29, 0.717) is 18.7 Å². The molecule has 1 aliphatic heterocycles. The van der Waals surface area contributed by atoms with Crippen molar-refractivity contribution in [1.29, 1.82) is 0 Å². The molecule has 2 rings (SSSR count). The van der Waals surface area contributed by atoms with Crippen LogP contribution in [0, 0.1) is 11.7 Å². The minimum absolute atomic E-state index is 0.0784. The Kier molecular flexibility index (Phi) is 3.40. The fraction of sp³-hybridized carbons (Fsp3) is 0.250. The maximum Gasteiger partial charge on any atom is 0.227 e. The summed E-state index contributed by atoms with van der Waals surface area (Å²) in [7, 11) is 0. The standard InChI is InChI=1S/C12H10Cl2FNO/c1-2-7-3-11(17)16(6-7)12-9(13)4-8(15)5-10(12)14/h2,4-5,7H,1,3,6H2. The van der Waals surface area contributed by atoms with Crippen molar-refractivity contribution < 1.29 is 9.18 Å². The van der Waals surface area contributed by atoms with Crippen molar-refractivity contribution in [2.24, 2.45) is 5.92 Å². The second-order valence-corrected chi connectivity index (χ2v) is 4.74. The van der Waals surface area contributed by atoms with Crippen molar-refractivity contribution >= 4 is 34.8 Å². The maximum atomic E-state index is 13.0. The van der Waals surface area contributed by atoms with Crippen molar-refractivity contribution in [3.05, 3.63) is 40.7 Å². The van der Waals surface area contributed by atoms with Crippen LogP contribution in [0.3, 0.4) is 0 Å². The fourth-order valence-electron chi connectivity index (χ4n) is 1.90. The molecule has 2 nitrogen and oxygen atoms in total. The van der Waals surface area contributed by atoms with Gasteiger partial charge in [0.1, 0.15) is 5.82 Å². The molecule has 0 aromatic heterocycles. The molecule has 1 fully saturated rings. The summed E-state index contributed by atoms with van der Waals surface area (Å²) in [6.07, 6.45) is 2.11. The van der Waals surface area contributed by atoms with Gasteiger partial charge in [-0.05, 0) is 12.1 Å². The van der Waals surface area contributed by atoms with Crippen LogP contribution < -0.4 is 4.90 Å². The first-order valence-electron chi connectivity index (χ1n) is 5.10. The van der Waals surface area contributed by atoms with E-state index in [1.54, 1.807) is 6.08 Å². The lowest BCUT2D eigenvalue weighted by atomic mass is 10.1. The highest BCUT2D eigenvalue weighted by molar-refractivity contribution is 6.40. The zero-order valence-corrected chi connectivity index (χ0v) is 10.4. The molecule has 5 heteroatoms. The number of nitrogens with zero attached hydrogens (tertiary/aromatic N) is 1. The van der Waals surface area contributed by atoms with Crippen molar-refractivity contribution in [2.45, 2.75) is 6.42 Å². The molecule has 1 saturated heterocycles. The zero-order valence-electron chi connectivity index (χ0n) is 8.92. The molecule has 1 aromatic carbocycles. The summed E-state index contributed by atoms with van der Waals surface area (Å²) in [5.74, 6) is -0.513. The summed E-state index contributed by atoms with van der Waals surface area (Å²) in [6.45, 7) is 4.14. The quantitative estimate of drug-likeness (QED) is 0.753. The molecular formula is C12H10Cl2FNO. The highest BCUT2D eigenvalue weighted by Crippen LogP contribution is 2.38. The lowest BCUT2D eigenvalue weighted by molar-refractivity contribution is -0.117. The average molecular weight is 274 g/mol. The molecular weight excluding hydrogens is 264 g/mol. The molecule has 1 atom stereocenters. The summed E-state index contributed by atoms with van der Waals surface area (Å²) in [5.41, 5.74) is 0.379. The van der Waals surface area contributed by atoms with Gasteiger partial charge >= 0.3 is 0 Å². The molecule has 0 radical (unpaired) electrons. The Morgan fingerprint density at radius 1 is 1.41 bits per heavy atom. The van der Waals surface area contributed by atoms with Crippen LogP contribution in [0.2, 0.25) is 10.0 Å². The zero-order chi connectivity index (χ0) is 12.6. The summed E-state index contributed by atoms with van der Waals surface area (Å²) >= 11 is 11.9. The first kappa shape index (κ1) is 12.4. The van der Waals surface area contributed by atoms with E-state index in [1.807, 2.05) is 0 Å². The van der Waals surface area contributed by atoms with Crippen LogP contribution in [-0.4, -0.2) is 12.5 Å². The number of anilines is 1. The Hall–Kier alpha value is -1.06. The second-order valence-electron chi connectivity index (χ2n) is 3.92. The number of benzene rings is 1. The third-order valence-corrected chi connectivity index (χ3v) is 3.32. The summed E-state index contributed by atoms with van der Waals surface area (Å²) in [6, 6.07) is 2.30. The van der Waals surface area contributed by atoms with Crippen LogP contribution in [0.1, 0.15) is 6.42 Å². The third kappa shape index (κ3) is 2.31. The van der Waals surface area contributed by atoms with Gasteiger partial charge in [0, 0.05) is 18.9 Å². The Balaban J connectivity index is 2.41. The molecule has 1 unspecified atom stereocenters. The monoisotopic (exact) mass is 273 g/mol. The number of rotatable bonds is 2. The topological polar surface area (TPSA) is 20.3 Å². The smallest absolute Gasteiger partial charge is 0.227 e. The van der Waals surface area contributed by atoms with E-state index in [-0.39, 0.29) is 21.9 Å². The van der Waals surface area contributed by atoms with Crippen LogP contribution >= 0.6 is 23.2 Å². The molecule has 0 N–H and O–H groups in total. The molecule has 1 aliphatic rings. The maximum absolute atomic E-state index is 13.0. The Bertz CT molecular complexity index is 466. The normalized spacial score (nSPS) is 19.8. The van der Waals surface area contributed by atoms with Gasteiger partial charge in [0.25, 0.3) is 0 Å². The van der Waals surface area contributed by atoms with E-state index in [0.717, 1.165) is 12.1 Å². The molecule has 0 saturated carbocycles. The van der Waals surface area contributed by atoms with Gasteiger partial charge in [-0.2, -0.15) is 0 Å². The number of hydrogen-bond acceptors (Lipinski definition) is 1. The first-order valence-corrected chi connectivity index (χ1v) is 5.86. The average Bonchev–Trinajstić information content (AvgIpc) is 2.59. The number of hydrogen-bond donors (Lipinski definition) is 0. The van der Waals surface area contributed by atoms with Crippen LogP contribution in [0.15, 0.2) is 24.8 Å². The molecule has 90 valence electrons. The SMILES string of the molecule is C=CC1CC(=O)N(c2c(Cl)cc(F)cc2Cl)C1. The summed E-state index contributed by atoms with van der Waals surface area (Å²) in [5, 5.41) is 0.293. The van der Waals surface area contributed by atoms with Gasteiger partial charge < -0.3 is 4.90 Å². The van der Waals surface area contributed by atoms with Crippen LogP contribution in [0.5, 0.6) is 0 Å². The Labute approximate surface area is 109 Å². The van der Waals surface area contributed by atoms with Crippen molar-refractivity contribution in [1.82, 2.24) is 0 Å². The van der Waals surface area contributed by atoms with Gasteiger partial charge in [0.05, 0.1) is 15.7 Å². The molecule has 0 bridgehead atoms. The van der Waals surface area contributed by atoms with E-state index in [9.17, 15) is 9.18 Å². The highest BCUT2D eigenvalue weighted by atomic mass is 35.5. The molecule has 17 heavy (non-hydrogen) atoms. The van der Waals surface area contributed by atoms with Crippen molar-refractivity contribution in [3.63, 3.8) is 0 Å². The fourth-order valence-corrected chi connectivity index (χ4v) is 2.57. The largest absolute Gasteiger partial charge is 0.309 e. The Morgan fingerprint density at radius 2 is 2.00 bits per heavy atom. The van der Waals surface area contributed by atoms with Crippen molar-refractivity contribution in [2.75, 3.05) is 11.4 Å². The summed E-state index contributed by atoms with van der Waals surface area (Å²) < 4.78 is 13.0. The molecule has 0 aliphatic carbocycles. The number of carbonyl (C=O) groups is 1. The molecule has 1 heterocycles. The van der Waals surface area contributed by atoms with Crippen LogP contribution in [0.25, 0.3) is 0 Å². The van der Waals surface area contributed by atoms with Crippen molar-refractivity contribution in [3.8, 4) is 0 Å². The minimum atomic E-state index is -0.518. The lowest BCUT2D eigenvalue weighted by Gasteiger charge is -2.19. The van der Waals surface area contributed by atoms with Gasteiger partial charge in [0.2, 0.25) is 5.91 Å².